The lowest BCUT2D eigenvalue weighted by atomic mass is 10.0. The van der Waals surface area contributed by atoms with Crippen LogP contribution in [0.2, 0.25) is 0 Å². The van der Waals surface area contributed by atoms with Crippen molar-refractivity contribution in [3.05, 3.63) is 35.9 Å². The number of carbonyl (C=O) groups excluding carboxylic acids is 1. The Bertz CT molecular complexity index is 449. The quantitative estimate of drug-likeness (QED) is 0.723. The molecule has 1 aromatic rings. The molecular weight excluding hydrogens is 286 g/mol. The maximum atomic E-state index is 11.7. The van der Waals surface area contributed by atoms with Gasteiger partial charge in [-0.1, -0.05) is 36.8 Å². The SMILES string of the molecule is CC1CCCCN1CCCNC(=O)NCCCc1ccccc1. The Morgan fingerprint density at radius 3 is 2.61 bits per heavy atom. The average molecular weight is 317 g/mol. The van der Waals surface area contributed by atoms with Gasteiger partial charge in [-0.3, -0.25) is 0 Å². The van der Waals surface area contributed by atoms with Crippen LogP contribution >= 0.6 is 0 Å². The third kappa shape index (κ3) is 7.04. The summed E-state index contributed by atoms with van der Waals surface area (Å²) in [6.07, 6.45) is 7.01. The Hall–Kier alpha value is -1.55. The fourth-order valence-corrected chi connectivity index (χ4v) is 3.18. The third-order valence-corrected chi connectivity index (χ3v) is 4.62. The highest BCUT2D eigenvalue weighted by atomic mass is 16.2. The van der Waals surface area contributed by atoms with Crippen molar-refractivity contribution in [2.75, 3.05) is 26.2 Å². The number of hydrogen-bond acceptors (Lipinski definition) is 2. The molecule has 4 nitrogen and oxygen atoms in total. The second kappa shape index (κ2) is 10.3. The van der Waals surface area contributed by atoms with Crippen molar-refractivity contribution in [1.82, 2.24) is 15.5 Å². The number of urea groups is 1. The fraction of sp³-hybridized carbons (Fsp3) is 0.632. The Balaban J connectivity index is 1.47. The van der Waals surface area contributed by atoms with Gasteiger partial charge in [-0.25, -0.2) is 4.79 Å². The standard InChI is InChI=1S/C19H31N3O/c1-17-9-5-6-15-22(17)16-8-14-21-19(23)20-13-7-12-18-10-3-2-4-11-18/h2-4,10-11,17H,5-9,12-16H2,1H3,(H2,20,21,23). The van der Waals surface area contributed by atoms with Crippen LogP contribution in [0.4, 0.5) is 4.79 Å². The average Bonchev–Trinajstić information content (AvgIpc) is 2.58. The van der Waals surface area contributed by atoms with Gasteiger partial charge < -0.3 is 15.5 Å². The molecule has 1 saturated heterocycles. The minimum atomic E-state index is -0.0373. The second-order valence-corrected chi connectivity index (χ2v) is 6.51. The molecule has 0 spiro atoms. The zero-order valence-electron chi connectivity index (χ0n) is 14.4. The Labute approximate surface area is 140 Å². The highest BCUT2D eigenvalue weighted by Gasteiger charge is 2.17. The molecule has 1 aliphatic heterocycles. The maximum Gasteiger partial charge on any atom is 0.314 e. The van der Waals surface area contributed by atoms with E-state index >= 15 is 0 Å². The highest BCUT2D eigenvalue weighted by Crippen LogP contribution is 2.15. The molecule has 1 atom stereocenters. The van der Waals surface area contributed by atoms with Crippen LogP contribution in [0, 0.1) is 0 Å². The van der Waals surface area contributed by atoms with Crippen LogP contribution in [-0.4, -0.2) is 43.2 Å². The molecule has 1 fully saturated rings. The summed E-state index contributed by atoms with van der Waals surface area (Å²) >= 11 is 0. The van der Waals surface area contributed by atoms with Crippen LogP contribution in [-0.2, 0) is 6.42 Å². The Kier molecular flexibility index (Phi) is 7.95. The molecule has 1 aromatic carbocycles. The molecule has 0 radical (unpaired) electrons. The summed E-state index contributed by atoms with van der Waals surface area (Å²) < 4.78 is 0. The monoisotopic (exact) mass is 317 g/mol. The van der Waals surface area contributed by atoms with Crippen molar-refractivity contribution in [3.8, 4) is 0 Å². The number of nitrogens with zero attached hydrogens (tertiary/aromatic N) is 1. The number of piperidine rings is 1. The van der Waals surface area contributed by atoms with Gasteiger partial charge in [0.25, 0.3) is 0 Å². The molecule has 0 aliphatic carbocycles. The second-order valence-electron chi connectivity index (χ2n) is 6.51. The number of aryl methyl sites for hydroxylation is 1. The molecule has 0 aromatic heterocycles. The van der Waals surface area contributed by atoms with Gasteiger partial charge in [0.05, 0.1) is 0 Å². The number of nitrogens with one attached hydrogen (secondary N) is 2. The summed E-state index contributed by atoms with van der Waals surface area (Å²) in [4.78, 5) is 14.3. The van der Waals surface area contributed by atoms with E-state index in [1.54, 1.807) is 0 Å². The Morgan fingerprint density at radius 1 is 1.13 bits per heavy atom. The molecule has 2 N–H and O–H groups in total. The summed E-state index contributed by atoms with van der Waals surface area (Å²) in [6, 6.07) is 11.1. The molecule has 1 aliphatic rings. The van der Waals surface area contributed by atoms with E-state index < -0.39 is 0 Å². The topological polar surface area (TPSA) is 44.4 Å². The number of carbonyl (C=O) groups is 1. The van der Waals surface area contributed by atoms with Gasteiger partial charge in [-0.15, -0.1) is 0 Å². The van der Waals surface area contributed by atoms with E-state index in [0.29, 0.717) is 6.04 Å². The maximum absolute atomic E-state index is 11.7. The number of likely N-dealkylation sites (tertiary alicyclic amines) is 1. The van der Waals surface area contributed by atoms with Crippen LogP contribution in [0.3, 0.4) is 0 Å². The van der Waals surface area contributed by atoms with Gasteiger partial charge in [0.2, 0.25) is 0 Å². The molecular formula is C19H31N3O. The van der Waals surface area contributed by atoms with Gasteiger partial charge in [0, 0.05) is 25.7 Å². The van der Waals surface area contributed by atoms with Crippen molar-refractivity contribution in [2.24, 2.45) is 0 Å². The van der Waals surface area contributed by atoms with Crippen molar-refractivity contribution >= 4 is 6.03 Å². The van der Waals surface area contributed by atoms with Gasteiger partial charge in [0.1, 0.15) is 0 Å². The largest absolute Gasteiger partial charge is 0.338 e. The molecule has 0 bridgehead atoms. The normalized spacial score (nSPS) is 18.6. The van der Waals surface area contributed by atoms with Crippen molar-refractivity contribution in [3.63, 3.8) is 0 Å². The third-order valence-electron chi connectivity index (χ3n) is 4.62. The van der Waals surface area contributed by atoms with Gasteiger partial charge >= 0.3 is 6.03 Å². The van der Waals surface area contributed by atoms with Gasteiger partial charge in [-0.05, 0) is 51.1 Å². The molecule has 4 heteroatoms. The van der Waals surface area contributed by atoms with Crippen LogP contribution in [0.5, 0.6) is 0 Å². The molecule has 2 rings (SSSR count). The molecule has 128 valence electrons. The minimum absolute atomic E-state index is 0.0373. The molecule has 0 saturated carbocycles. The molecule has 1 heterocycles. The number of hydrogen-bond donors (Lipinski definition) is 2. The molecule has 1 unspecified atom stereocenters. The lowest BCUT2D eigenvalue weighted by Gasteiger charge is -2.33. The predicted octanol–water partition coefficient (Wildman–Crippen LogP) is 3.18. The summed E-state index contributed by atoms with van der Waals surface area (Å²) in [7, 11) is 0. The first-order chi connectivity index (χ1) is 11.3. The smallest absolute Gasteiger partial charge is 0.314 e. The van der Waals surface area contributed by atoms with E-state index in [1.165, 1.54) is 31.4 Å². The van der Waals surface area contributed by atoms with Crippen LogP contribution in [0.25, 0.3) is 0 Å². The summed E-state index contributed by atoms with van der Waals surface area (Å²) in [6.45, 7) is 6.10. The zero-order valence-corrected chi connectivity index (χ0v) is 14.4. The first-order valence-electron chi connectivity index (χ1n) is 9.05. The number of benzene rings is 1. The first kappa shape index (κ1) is 17.8. The zero-order chi connectivity index (χ0) is 16.3. The van der Waals surface area contributed by atoms with Crippen LogP contribution in [0.15, 0.2) is 30.3 Å². The van der Waals surface area contributed by atoms with Gasteiger partial charge in [-0.2, -0.15) is 0 Å². The van der Waals surface area contributed by atoms with E-state index in [9.17, 15) is 4.79 Å². The number of amides is 2. The predicted molar refractivity (Wildman–Crippen MR) is 95.7 cm³/mol. The lowest BCUT2D eigenvalue weighted by molar-refractivity contribution is 0.159. The van der Waals surface area contributed by atoms with E-state index in [4.69, 9.17) is 0 Å². The van der Waals surface area contributed by atoms with E-state index in [-0.39, 0.29) is 6.03 Å². The Morgan fingerprint density at radius 2 is 1.87 bits per heavy atom. The number of rotatable bonds is 8. The molecule has 23 heavy (non-hydrogen) atoms. The van der Waals surface area contributed by atoms with E-state index in [0.717, 1.165) is 38.9 Å². The van der Waals surface area contributed by atoms with E-state index in [2.05, 4.69) is 46.7 Å². The first-order valence-corrected chi connectivity index (χ1v) is 9.05. The van der Waals surface area contributed by atoms with E-state index in [1.807, 2.05) is 6.07 Å². The summed E-state index contributed by atoms with van der Waals surface area (Å²) in [5.74, 6) is 0. The van der Waals surface area contributed by atoms with Crippen molar-refractivity contribution in [1.29, 1.82) is 0 Å². The van der Waals surface area contributed by atoms with Crippen LogP contribution < -0.4 is 10.6 Å². The van der Waals surface area contributed by atoms with Gasteiger partial charge in [0.15, 0.2) is 0 Å². The fourth-order valence-electron chi connectivity index (χ4n) is 3.18. The van der Waals surface area contributed by atoms with Crippen LogP contribution in [0.1, 0.15) is 44.6 Å². The summed E-state index contributed by atoms with van der Waals surface area (Å²) in [5, 5.41) is 5.90. The van der Waals surface area contributed by atoms with Crippen molar-refractivity contribution in [2.45, 2.75) is 51.5 Å². The highest BCUT2D eigenvalue weighted by molar-refractivity contribution is 5.73. The summed E-state index contributed by atoms with van der Waals surface area (Å²) in [5.41, 5.74) is 1.32. The minimum Gasteiger partial charge on any atom is -0.338 e. The lowest BCUT2D eigenvalue weighted by Crippen LogP contribution is -2.40. The van der Waals surface area contributed by atoms with Crippen molar-refractivity contribution < 1.29 is 4.79 Å². The molecule has 2 amide bonds.